The smallest absolute Gasteiger partial charge is 0.321 e. The van der Waals surface area contributed by atoms with Gasteiger partial charge in [0.05, 0.1) is 18.7 Å². The molecular weight excluding hydrogens is 409 g/mol. The van der Waals surface area contributed by atoms with Crippen LogP contribution in [-0.4, -0.2) is 29.9 Å². The van der Waals surface area contributed by atoms with Crippen molar-refractivity contribution in [2.45, 2.75) is 25.8 Å². The van der Waals surface area contributed by atoms with Gasteiger partial charge in [0.15, 0.2) is 0 Å². The number of likely N-dealkylation sites (tertiary alicyclic amines) is 1. The molecule has 4 rings (SSSR count). The van der Waals surface area contributed by atoms with E-state index >= 15 is 0 Å². The van der Waals surface area contributed by atoms with Gasteiger partial charge in [0.25, 0.3) is 0 Å². The predicted octanol–water partition coefficient (Wildman–Crippen LogP) is 4.68. The van der Waals surface area contributed by atoms with Gasteiger partial charge in [0.1, 0.15) is 11.6 Å². The summed E-state index contributed by atoms with van der Waals surface area (Å²) in [5, 5.41) is 5.80. The van der Waals surface area contributed by atoms with Crippen LogP contribution in [0.1, 0.15) is 29.2 Å². The molecule has 1 aliphatic rings. The molecule has 2 aromatic carbocycles. The second kappa shape index (κ2) is 9.68. The lowest BCUT2D eigenvalue weighted by molar-refractivity contribution is -0.126. The number of urea groups is 1. The average molecular weight is 435 g/mol. The minimum Gasteiger partial charge on any atom is -0.467 e. The maximum atomic E-state index is 13.8. The van der Waals surface area contributed by atoms with Gasteiger partial charge in [-0.05, 0) is 54.8 Å². The van der Waals surface area contributed by atoms with Gasteiger partial charge in [-0.25, -0.2) is 9.18 Å². The number of hydrogen-bond acceptors (Lipinski definition) is 3. The number of benzene rings is 2. The number of nitrogens with one attached hydrogen (secondary N) is 2. The highest BCUT2D eigenvalue weighted by Gasteiger charge is 2.34. The van der Waals surface area contributed by atoms with Crippen LogP contribution >= 0.6 is 0 Å². The van der Waals surface area contributed by atoms with E-state index in [1.807, 2.05) is 30.3 Å². The maximum absolute atomic E-state index is 13.8. The van der Waals surface area contributed by atoms with Crippen molar-refractivity contribution in [3.63, 3.8) is 0 Å². The number of furan rings is 1. The second-order valence-corrected chi connectivity index (χ2v) is 8.14. The number of carbonyl (C=O) groups is 2. The molecule has 1 fully saturated rings. The summed E-state index contributed by atoms with van der Waals surface area (Å²) in [5.41, 5.74) is 2.16. The van der Waals surface area contributed by atoms with E-state index in [9.17, 15) is 14.0 Å². The van der Waals surface area contributed by atoms with E-state index in [2.05, 4.69) is 10.6 Å². The fourth-order valence-corrected chi connectivity index (χ4v) is 4.07. The number of para-hydroxylation sites is 1. The summed E-state index contributed by atoms with van der Waals surface area (Å²) in [5.74, 6) is -0.212. The first-order chi connectivity index (χ1) is 15.5. The average Bonchev–Trinajstić information content (AvgIpc) is 3.33. The van der Waals surface area contributed by atoms with Gasteiger partial charge >= 0.3 is 6.03 Å². The van der Waals surface area contributed by atoms with E-state index in [4.69, 9.17) is 4.42 Å². The van der Waals surface area contributed by atoms with Gasteiger partial charge in [-0.3, -0.25) is 4.79 Å². The van der Waals surface area contributed by atoms with Crippen LogP contribution in [0.15, 0.2) is 71.3 Å². The highest BCUT2D eigenvalue weighted by molar-refractivity contribution is 5.90. The molecule has 2 atom stereocenters. The molecule has 0 aliphatic carbocycles. The number of piperidine rings is 1. The Kier molecular flexibility index (Phi) is 6.54. The highest BCUT2D eigenvalue weighted by atomic mass is 19.1. The molecule has 3 amide bonds. The molecule has 7 heteroatoms. The van der Waals surface area contributed by atoms with Gasteiger partial charge in [-0.2, -0.15) is 0 Å². The first kappa shape index (κ1) is 21.6. The normalized spacial score (nSPS) is 18.2. The minimum absolute atomic E-state index is 0.0797. The molecule has 1 aromatic heterocycles. The molecule has 32 heavy (non-hydrogen) atoms. The van der Waals surface area contributed by atoms with Crippen molar-refractivity contribution in [3.05, 3.63) is 89.6 Å². The van der Waals surface area contributed by atoms with Crippen molar-refractivity contribution in [3.8, 4) is 0 Å². The van der Waals surface area contributed by atoms with E-state index in [1.54, 1.807) is 42.4 Å². The Morgan fingerprint density at radius 1 is 1.09 bits per heavy atom. The van der Waals surface area contributed by atoms with Gasteiger partial charge in [0, 0.05) is 24.7 Å². The van der Waals surface area contributed by atoms with Crippen molar-refractivity contribution < 1.29 is 18.4 Å². The lowest BCUT2D eigenvalue weighted by atomic mass is 9.83. The van der Waals surface area contributed by atoms with Gasteiger partial charge in [-0.1, -0.05) is 30.3 Å². The van der Waals surface area contributed by atoms with Crippen molar-refractivity contribution >= 4 is 17.6 Å². The quantitative estimate of drug-likeness (QED) is 0.611. The Morgan fingerprint density at radius 3 is 2.62 bits per heavy atom. The minimum atomic E-state index is -0.393. The molecule has 2 N–H and O–H groups in total. The van der Waals surface area contributed by atoms with Crippen LogP contribution in [-0.2, 0) is 11.3 Å². The lowest BCUT2D eigenvalue weighted by Gasteiger charge is -2.37. The van der Waals surface area contributed by atoms with Crippen LogP contribution in [0.2, 0.25) is 0 Å². The SMILES string of the molecule is Cc1cc([C@H]2C[C@@H](C(=O)NCc3ccco3)CN(C(=O)Nc3ccccc3)C2)ccc1F. The van der Waals surface area contributed by atoms with Crippen molar-refractivity contribution in [2.24, 2.45) is 5.92 Å². The molecule has 2 heterocycles. The summed E-state index contributed by atoms with van der Waals surface area (Å²) in [6.07, 6.45) is 2.13. The van der Waals surface area contributed by atoms with E-state index in [-0.39, 0.29) is 23.7 Å². The van der Waals surface area contributed by atoms with Crippen LogP contribution in [0.25, 0.3) is 0 Å². The fourth-order valence-electron chi connectivity index (χ4n) is 4.07. The molecule has 1 saturated heterocycles. The monoisotopic (exact) mass is 435 g/mol. The molecule has 0 unspecified atom stereocenters. The Bertz CT molecular complexity index is 1070. The van der Waals surface area contributed by atoms with E-state index < -0.39 is 5.92 Å². The number of hydrogen-bond donors (Lipinski definition) is 2. The third-order valence-corrected chi connectivity index (χ3v) is 5.80. The zero-order chi connectivity index (χ0) is 22.5. The summed E-state index contributed by atoms with van der Waals surface area (Å²) in [4.78, 5) is 27.6. The van der Waals surface area contributed by atoms with E-state index in [0.29, 0.717) is 43.1 Å². The van der Waals surface area contributed by atoms with Crippen molar-refractivity contribution in [1.29, 1.82) is 0 Å². The zero-order valence-electron chi connectivity index (χ0n) is 17.9. The van der Waals surface area contributed by atoms with Crippen LogP contribution in [0.4, 0.5) is 14.9 Å². The second-order valence-electron chi connectivity index (χ2n) is 8.14. The first-order valence-electron chi connectivity index (χ1n) is 10.7. The topological polar surface area (TPSA) is 74.6 Å². The molecule has 3 aromatic rings. The molecule has 6 nitrogen and oxygen atoms in total. The van der Waals surface area contributed by atoms with Crippen LogP contribution in [0, 0.1) is 18.7 Å². The first-order valence-corrected chi connectivity index (χ1v) is 10.7. The van der Waals surface area contributed by atoms with Crippen LogP contribution in [0.5, 0.6) is 0 Å². The highest BCUT2D eigenvalue weighted by Crippen LogP contribution is 2.32. The molecule has 0 radical (unpaired) electrons. The number of halogens is 1. The molecule has 0 bridgehead atoms. The summed E-state index contributed by atoms with van der Waals surface area (Å²) >= 11 is 0. The summed E-state index contributed by atoms with van der Waals surface area (Å²) in [6, 6.07) is 17.5. The number of nitrogens with zero attached hydrogens (tertiary/aromatic N) is 1. The Balaban J connectivity index is 1.51. The molecule has 166 valence electrons. The Hall–Kier alpha value is -3.61. The summed E-state index contributed by atoms with van der Waals surface area (Å²) in [7, 11) is 0. The van der Waals surface area contributed by atoms with Gasteiger partial charge in [0.2, 0.25) is 5.91 Å². The maximum Gasteiger partial charge on any atom is 0.321 e. The number of anilines is 1. The standard InChI is InChI=1S/C25H26FN3O3/c1-17-12-18(9-10-23(17)26)19-13-20(24(30)27-14-22-8-5-11-32-22)16-29(15-19)25(31)28-21-6-3-2-4-7-21/h2-12,19-20H,13-16H2,1H3,(H,27,30)(H,28,31)/t19-,20+/m0/s1. The molecule has 0 spiro atoms. The lowest BCUT2D eigenvalue weighted by Crippen LogP contribution is -2.49. The number of rotatable bonds is 5. The van der Waals surface area contributed by atoms with Crippen molar-refractivity contribution in [2.75, 3.05) is 18.4 Å². The number of aryl methyl sites for hydroxylation is 1. The summed E-state index contributed by atoms with van der Waals surface area (Å²) < 4.78 is 19.1. The molecule has 1 aliphatic heterocycles. The van der Waals surface area contributed by atoms with E-state index in [0.717, 1.165) is 5.56 Å². The predicted molar refractivity (Wildman–Crippen MR) is 120 cm³/mol. The zero-order valence-corrected chi connectivity index (χ0v) is 17.9. The van der Waals surface area contributed by atoms with Crippen LogP contribution in [0.3, 0.4) is 0 Å². The third kappa shape index (κ3) is 5.17. The van der Waals surface area contributed by atoms with Gasteiger partial charge in [-0.15, -0.1) is 0 Å². The number of amides is 3. The Morgan fingerprint density at radius 2 is 1.91 bits per heavy atom. The van der Waals surface area contributed by atoms with Crippen molar-refractivity contribution in [1.82, 2.24) is 10.2 Å². The molecular formula is C25H26FN3O3. The van der Waals surface area contributed by atoms with Gasteiger partial charge < -0.3 is 20.0 Å². The Labute approximate surface area is 186 Å². The summed E-state index contributed by atoms with van der Waals surface area (Å²) in [6.45, 7) is 2.76. The fraction of sp³-hybridized carbons (Fsp3) is 0.280. The van der Waals surface area contributed by atoms with E-state index in [1.165, 1.54) is 6.07 Å². The largest absolute Gasteiger partial charge is 0.467 e. The van der Waals surface area contributed by atoms with Crippen LogP contribution < -0.4 is 10.6 Å². The molecule has 0 saturated carbocycles. The third-order valence-electron chi connectivity index (χ3n) is 5.80. The number of carbonyl (C=O) groups excluding carboxylic acids is 2.